The number of sulfonamides is 2. The monoisotopic (exact) mass is 517 g/mol. The lowest BCUT2D eigenvalue weighted by Crippen LogP contribution is -2.27. The first-order valence-electron chi connectivity index (χ1n) is 10.6. The van der Waals surface area contributed by atoms with Crippen LogP contribution in [0.25, 0.3) is 0 Å². The van der Waals surface area contributed by atoms with E-state index in [1.807, 2.05) is 31.2 Å². The summed E-state index contributed by atoms with van der Waals surface area (Å²) in [6.07, 6.45) is 0.364. The third kappa shape index (κ3) is 5.11. The number of nitrogens with zero attached hydrogens (tertiary/aromatic N) is 2. The van der Waals surface area contributed by atoms with Gasteiger partial charge < -0.3 is 0 Å². The highest BCUT2D eigenvalue weighted by molar-refractivity contribution is 7.92. The number of hydrogen-bond donors (Lipinski definition) is 1. The Morgan fingerprint density at radius 2 is 1.68 bits per heavy atom. The third-order valence-corrected chi connectivity index (χ3v) is 8.77. The molecule has 178 valence electrons. The number of nitrogens with one attached hydrogen (secondary N) is 1. The fourth-order valence-electron chi connectivity index (χ4n) is 3.64. The molecule has 0 saturated heterocycles. The summed E-state index contributed by atoms with van der Waals surface area (Å²) < 4.78 is 54.4. The van der Waals surface area contributed by atoms with Gasteiger partial charge in [0.2, 0.25) is 10.0 Å². The summed E-state index contributed by atoms with van der Waals surface area (Å²) in [6.45, 7) is 3.53. The molecule has 1 aliphatic rings. The second kappa shape index (κ2) is 9.40. The Bertz CT molecular complexity index is 1440. The summed E-state index contributed by atoms with van der Waals surface area (Å²) in [7, 11) is -7.37. The molecule has 1 aliphatic heterocycles. The number of rotatable bonds is 7. The number of halogens is 1. The van der Waals surface area contributed by atoms with Crippen LogP contribution in [0.3, 0.4) is 0 Å². The van der Waals surface area contributed by atoms with Gasteiger partial charge in [0.05, 0.1) is 22.4 Å². The van der Waals surface area contributed by atoms with Crippen molar-refractivity contribution in [3.63, 3.8) is 0 Å². The molecule has 3 aromatic rings. The molecular weight excluding hydrogens is 494 g/mol. The van der Waals surface area contributed by atoms with Crippen LogP contribution in [0, 0.1) is 6.92 Å². The van der Waals surface area contributed by atoms with Crippen molar-refractivity contribution in [1.29, 1.82) is 0 Å². The van der Waals surface area contributed by atoms with Crippen molar-refractivity contribution in [2.75, 3.05) is 10.5 Å². The first-order valence-corrected chi connectivity index (χ1v) is 14.1. The van der Waals surface area contributed by atoms with E-state index in [-0.39, 0.29) is 10.6 Å². The zero-order valence-electron chi connectivity index (χ0n) is 18.6. The predicted octanol–water partition coefficient (Wildman–Crippen LogP) is 4.95. The van der Waals surface area contributed by atoms with Crippen molar-refractivity contribution in [2.45, 2.75) is 31.2 Å². The molecule has 1 heterocycles. The standard InChI is InChI=1S/C24H24ClN3O4S2/c1-3-33(29,30)27-21-13-11-18(12-14-21)23-16-24(19-9-7-17(2)8-10-19)28(26-23)34(31,32)22-6-4-5-20(25)15-22/h4-15,24,27H,3,16H2,1-2H3. The van der Waals surface area contributed by atoms with Crippen LogP contribution in [0.4, 0.5) is 5.69 Å². The van der Waals surface area contributed by atoms with Gasteiger partial charge in [0.25, 0.3) is 10.0 Å². The highest BCUT2D eigenvalue weighted by Gasteiger charge is 2.37. The SMILES string of the molecule is CCS(=O)(=O)Nc1ccc(C2=NN(S(=O)(=O)c3cccc(Cl)c3)C(c3ccc(C)cc3)C2)cc1. The van der Waals surface area contributed by atoms with Crippen molar-refractivity contribution in [2.24, 2.45) is 5.10 Å². The zero-order chi connectivity index (χ0) is 24.5. The summed E-state index contributed by atoms with van der Waals surface area (Å²) in [5.74, 6) is -0.0317. The van der Waals surface area contributed by atoms with Gasteiger partial charge in [0, 0.05) is 17.1 Å². The van der Waals surface area contributed by atoms with E-state index in [2.05, 4.69) is 9.82 Å². The topological polar surface area (TPSA) is 95.9 Å². The Labute approximate surface area is 205 Å². The maximum atomic E-state index is 13.5. The molecular formula is C24H24ClN3O4S2. The van der Waals surface area contributed by atoms with E-state index in [0.29, 0.717) is 28.4 Å². The molecule has 0 saturated carbocycles. The fourth-order valence-corrected chi connectivity index (χ4v) is 6.01. The minimum Gasteiger partial charge on any atom is -0.284 e. The molecule has 0 fully saturated rings. The smallest absolute Gasteiger partial charge is 0.279 e. The molecule has 0 radical (unpaired) electrons. The van der Waals surface area contributed by atoms with Crippen molar-refractivity contribution < 1.29 is 16.8 Å². The van der Waals surface area contributed by atoms with Crippen LogP contribution < -0.4 is 4.72 Å². The lowest BCUT2D eigenvalue weighted by molar-refractivity contribution is 0.371. The predicted molar refractivity (Wildman–Crippen MR) is 135 cm³/mol. The molecule has 10 heteroatoms. The summed E-state index contributed by atoms with van der Waals surface area (Å²) >= 11 is 6.06. The van der Waals surface area contributed by atoms with Crippen molar-refractivity contribution in [1.82, 2.24) is 4.41 Å². The largest absolute Gasteiger partial charge is 0.284 e. The van der Waals surface area contributed by atoms with E-state index >= 15 is 0 Å². The van der Waals surface area contributed by atoms with Crippen LogP contribution in [0.5, 0.6) is 0 Å². The minimum absolute atomic E-state index is 0.0317. The van der Waals surface area contributed by atoms with Gasteiger partial charge in [-0.2, -0.15) is 17.9 Å². The van der Waals surface area contributed by atoms with E-state index < -0.39 is 26.1 Å². The van der Waals surface area contributed by atoms with E-state index in [1.165, 1.54) is 12.1 Å². The maximum absolute atomic E-state index is 13.5. The molecule has 1 unspecified atom stereocenters. The normalized spacial score (nSPS) is 16.4. The van der Waals surface area contributed by atoms with Crippen molar-refractivity contribution in [3.8, 4) is 0 Å². The Hall–Kier alpha value is -2.88. The Balaban J connectivity index is 1.72. The quantitative estimate of drug-likeness (QED) is 0.479. The third-order valence-electron chi connectivity index (χ3n) is 5.55. The van der Waals surface area contributed by atoms with Gasteiger partial charge in [0.1, 0.15) is 0 Å². The molecule has 3 aromatic carbocycles. The van der Waals surface area contributed by atoms with Crippen LogP contribution in [0.2, 0.25) is 5.02 Å². The number of aryl methyl sites for hydroxylation is 1. The highest BCUT2D eigenvalue weighted by Crippen LogP contribution is 2.37. The number of hydrogen-bond acceptors (Lipinski definition) is 5. The molecule has 7 nitrogen and oxygen atoms in total. The average molecular weight is 518 g/mol. The average Bonchev–Trinajstić information content (AvgIpc) is 3.26. The second-order valence-corrected chi connectivity index (χ2v) is 12.2. The van der Waals surface area contributed by atoms with Gasteiger partial charge in [-0.25, -0.2) is 8.42 Å². The Morgan fingerprint density at radius 3 is 2.29 bits per heavy atom. The van der Waals surface area contributed by atoms with Gasteiger partial charge in [-0.1, -0.05) is 59.6 Å². The highest BCUT2D eigenvalue weighted by atomic mass is 35.5. The number of hydrazone groups is 1. The van der Waals surface area contributed by atoms with Gasteiger partial charge in [-0.05, 0) is 55.3 Å². The van der Waals surface area contributed by atoms with Crippen LogP contribution in [-0.2, 0) is 20.0 Å². The molecule has 1 N–H and O–H groups in total. The lowest BCUT2D eigenvalue weighted by atomic mass is 9.98. The lowest BCUT2D eigenvalue weighted by Gasteiger charge is -2.23. The van der Waals surface area contributed by atoms with E-state index in [1.54, 1.807) is 43.3 Å². The molecule has 0 aliphatic carbocycles. The molecule has 1 atom stereocenters. The van der Waals surface area contributed by atoms with Crippen LogP contribution in [0.15, 0.2) is 82.8 Å². The van der Waals surface area contributed by atoms with Crippen molar-refractivity contribution in [3.05, 3.63) is 94.5 Å². The Kier molecular flexibility index (Phi) is 6.71. The Morgan fingerprint density at radius 1 is 1.00 bits per heavy atom. The number of anilines is 1. The maximum Gasteiger partial charge on any atom is 0.279 e. The van der Waals surface area contributed by atoms with Crippen LogP contribution in [0.1, 0.15) is 36.1 Å². The first-order chi connectivity index (χ1) is 16.1. The summed E-state index contributed by atoms with van der Waals surface area (Å²) in [5.41, 5.74) is 3.61. The summed E-state index contributed by atoms with van der Waals surface area (Å²) in [5, 5.41) is 4.84. The first kappa shape index (κ1) is 24.3. The van der Waals surface area contributed by atoms with Gasteiger partial charge in [-0.15, -0.1) is 0 Å². The van der Waals surface area contributed by atoms with Gasteiger partial charge >= 0.3 is 0 Å². The molecule has 4 rings (SSSR count). The fraction of sp³-hybridized carbons (Fsp3) is 0.208. The molecule has 0 aromatic heterocycles. The minimum atomic E-state index is -3.98. The molecule has 34 heavy (non-hydrogen) atoms. The van der Waals surface area contributed by atoms with E-state index in [4.69, 9.17) is 11.6 Å². The van der Waals surface area contributed by atoms with E-state index in [9.17, 15) is 16.8 Å². The van der Waals surface area contributed by atoms with Crippen molar-refractivity contribution >= 4 is 43.0 Å². The number of benzene rings is 3. The van der Waals surface area contributed by atoms with Crippen LogP contribution in [-0.4, -0.2) is 32.7 Å². The summed E-state index contributed by atoms with van der Waals surface area (Å²) in [4.78, 5) is 0.0615. The molecule has 0 amide bonds. The molecule has 0 bridgehead atoms. The molecule has 0 spiro atoms. The van der Waals surface area contributed by atoms with Gasteiger partial charge in [0.15, 0.2) is 0 Å². The van der Waals surface area contributed by atoms with E-state index in [0.717, 1.165) is 15.5 Å². The summed E-state index contributed by atoms with van der Waals surface area (Å²) in [6, 6.07) is 20.0. The second-order valence-electron chi connectivity index (χ2n) is 8.00. The van der Waals surface area contributed by atoms with Crippen LogP contribution >= 0.6 is 11.6 Å². The van der Waals surface area contributed by atoms with Gasteiger partial charge in [-0.3, -0.25) is 4.72 Å². The zero-order valence-corrected chi connectivity index (χ0v) is 21.0.